The quantitative estimate of drug-likeness (QED) is 0.320. The van der Waals surface area contributed by atoms with E-state index in [1.54, 1.807) is 18.3 Å². The number of nitrogens with one attached hydrogen (secondary N) is 1. The summed E-state index contributed by atoms with van der Waals surface area (Å²) in [4.78, 5) is 6.68. The first-order chi connectivity index (χ1) is 16.3. The Morgan fingerprint density at radius 3 is 2.47 bits per heavy atom. The van der Waals surface area contributed by atoms with Gasteiger partial charge in [-0.2, -0.15) is 0 Å². The van der Waals surface area contributed by atoms with Crippen LogP contribution >= 0.6 is 23.8 Å². The van der Waals surface area contributed by atoms with Crippen molar-refractivity contribution >= 4 is 34.6 Å². The Morgan fingerprint density at radius 1 is 1.00 bits per heavy atom. The van der Waals surface area contributed by atoms with Gasteiger partial charge >= 0.3 is 0 Å². The lowest BCUT2D eigenvalue weighted by atomic mass is 9.96. The first-order valence-electron chi connectivity index (χ1n) is 11.1. The number of rotatable bonds is 4. The average molecular weight is 491 g/mol. The van der Waals surface area contributed by atoms with Crippen molar-refractivity contribution in [3.63, 3.8) is 0 Å². The molecule has 4 nitrogen and oxygen atoms in total. The highest BCUT2D eigenvalue weighted by atomic mass is 35.5. The first-order valence-corrected chi connectivity index (χ1v) is 11.9. The molecule has 0 amide bonds. The van der Waals surface area contributed by atoms with E-state index in [2.05, 4.69) is 46.6 Å². The molecule has 3 heterocycles. The molecule has 0 spiro atoms. The third kappa shape index (κ3) is 3.87. The fourth-order valence-electron chi connectivity index (χ4n) is 4.83. The molecule has 1 N–H and O–H groups in total. The van der Waals surface area contributed by atoms with E-state index in [0.717, 1.165) is 39.6 Å². The van der Waals surface area contributed by atoms with Gasteiger partial charge in [0.15, 0.2) is 5.11 Å². The van der Waals surface area contributed by atoms with Crippen molar-refractivity contribution in [3.05, 3.63) is 112 Å². The summed E-state index contributed by atoms with van der Waals surface area (Å²) in [6.07, 6.45) is 1.79. The molecule has 1 aliphatic heterocycles. The van der Waals surface area contributed by atoms with Gasteiger partial charge in [0.2, 0.25) is 0 Å². The van der Waals surface area contributed by atoms with E-state index in [1.165, 1.54) is 12.1 Å². The van der Waals surface area contributed by atoms with Gasteiger partial charge < -0.3 is 14.8 Å². The molecule has 0 unspecified atom stereocenters. The maximum Gasteiger partial charge on any atom is 0.174 e. The predicted molar refractivity (Wildman–Crippen MR) is 139 cm³/mol. The van der Waals surface area contributed by atoms with E-state index >= 15 is 0 Å². The predicted octanol–water partition coefficient (Wildman–Crippen LogP) is 6.77. The zero-order chi connectivity index (χ0) is 24.0. The van der Waals surface area contributed by atoms with Crippen LogP contribution in [0.3, 0.4) is 0 Å². The Hall–Kier alpha value is -3.22. The van der Waals surface area contributed by atoms with Gasteiger partial charge in [0.1, 0.15) is 5.82 Å². The second kappa shape index (κ2) is 8.85. The molecule has 2 atom stereocenters. The maximum atomic E-state index is 13.7. The van der Waals surface area contributed by atoms with Crippen LogP contribution < -0.4 is 10.2 Å². The molecule has 0 bridgehead atoms. The molecule has 172 valence electrons. The monoisotopic (exact) mass is 490 g/mol. The number of aryl methyl sites for hydroxylation is 2. The second-order valence-corrected chi connectivity index (χ2v) is 9.39. The summed E-state index contributed by atoms with van der Waals surface area (Å²) in [5, 5.41) is 4.74. The van der Waals surface area contributed by atoms with E-state index in [4.69, 9.17) is 23.8 Å². The van der Waals surface area contributed by atoms with Crippen molar-refractivity contribution in [1.29, 1.82) is 0 Å². The summed E-state index contributed by atoms with van der Waals surface area (Å²) in [5.74, 6) is -0.283. The van der Waals surface area contributed by atoms with Crippen molar-refractivity contribution in [2.75, 3.05) is 4.90 Å². The summed E-state index contributed by atoms with van der Waals surface area (Å²) in [7, 11) is 0. The van der Waals surface area contributed by atoms with E-state index in [0.29, 0.717) is 10.1 Å². The fraction of sp³-hybridized carbons (Fsp3) is 0.185. The summed E-state index contributed by atoms with van der Waals surface area (Å²) in [5.41, 5.74) is 7.19. The molecule has 0 saturated carbocycles. The fourth-order valence-corrected chi connectivity index (χ4v) is 5.34. The minimum atomic E-state index is -0.283. The SMILES string of the molecule is Cc1ccc(Cl)cc1-n1c(C)cc([C@H]2[C@H](c3ccccn3)NC(=S)N2c2ccc(F)cc2)c1C. The number of aromatic nitrogens is 2. The van der Waals surface area contributed by atoms with Crippen LogP contribution in [0.2, 0.25) is 5.02 Å². The lowest BCUT2D eigenvalue weighted by molar-refractivity contribution is 0.565. The molecular weight excluding hydrogens is 467 g/mol. The van der Waals surface area contributed by atoms with Gasteiger partial charge in [-0.25, -0.2) is 4.39 Å². The summed E-state index contributed by atoms with van der Waals surface area (Å²) >= 11 is 12.1. The second-order valence-electron chi connectivity index (χ2n) is 8.57. The molecule has 34 heavy (non-hydrogen) atoms. The van der Waals surface area contributed by atoms with Gasteiger partial charge in [-0.1, -0.05) is 23.7 Å². The van der Waals surface area contributed by atoms with Crippen LogP contribution in [-0.4, -0.2) is 14.7 Å². The van der Waals surface area contributed by atoms with Crippen molar-refractivity contribution < 1.29 is 4.39 Å². The minimum absolute atomic E-state index is 0.173. The number of benzene rings is 2. The summed E-state index contributed by atoms with van der Waals surface area (Å²) < 4.78 is 16.0. The molecule has 7 heteroatoms. The molecule has 2 aromatic heterocycles. The van der Waals surface area contributed by atoms with Crippen LogP contribution in [0, 0.1) is 26.6 Å². The largest absolute Gasteiger partial charge is 0.351 e. The average Bonchev–Trinajstić information content (AvgIpc) is 3.32. The number of halogens is 2. The third-order valence-corrected chi connectivity index (χ3v) is 6.95. The van der Waals surface area contributed by atoms with Crippen LogP contribution in [0.4, 0.5) is 10.1 Å². The Labute approximate surface area is 209 Å². The van der Waals surface area contributed by atoms with Crippen molar-refractivity contribution in [1.82, 2.24) is 14.9 Å². The summed E-state index contributed by atoms with van der Waals surface area (Å²) in [6, 6.07) is 20.1. The van der Waals surface area contributed by atoms with Crippen LogP contribution in [0.1, 0.15) is 40.3 Å². The molecule has 1 aliphatic rings. The van der Waals surface area contributed by atoms with Gasteiger partial charge in [0, 0.05) is 34.0 Å². The molecule has 0 radical (unpaired) electrons. The van der Waals surface area contributed by atoms with Gasteiger partial charge in [-0.3, -0.25) is 4.98 Å². The topological polar surface area (TPSA) is 33.1 Å². The van der Waals surface area contributed by atoms with E-state index in [-0.39, 0.29) is 17.9 Å². The van der Waals surface area contributed by atoms with Crippen LogP contribution in [0.25, 0.3) is 5.69 Å². The Kier molecular flexibility index (Phi) is 5.88. The molecule has 5 rings (SSSR count). The highest BCUT2D eigenvalue weighted by Crippen LogP contribution is 2.44. The molecule has 1 fully saturated rings. The van der Waals surface area contributed by atoms with Crippen molar-refractivity contribution in [2.24, 2.45) is 0 Å². The number of pyridine rings is 1. The zero-order valence-corrected chi connectivity index (χ0v) is 20.7. The molecular formula is C27H24ClFN4S. The standard InChI is InChI=1S/C27H24ClFN4S/c1-16-7-8-19(28)15-24(16)32-17(2)14-22(18(32)3)26-25(23-6-4-5-13-30-23)31-27(34)33(26)21-11-9-20(29)10-12-21/h4-15,25-26H,1-3H3,(H,31,34)/t25-,26-/m0/s1. The number of thiocarbonyl (C=S) groups is 1. The van der Waals surface area contributed by atoms with Crippen LogP contribution in [-0.2, 0) is 0 Å². The van der Waals surface area contributed by atoms with E-state index < -0.39 is 0 Å². The van der Waals surface area contributed by atoms with Gasteiger partial charge in [0.05, 0.1) is 17.8 Å². The van der Waals surface area contributed by atoms with E-state index in [9.17, 15) is 4.39 Å². The highest BCUT2D eigenvalue weighted by molar-refractivity contribution is 7.80. The molecule has 1 saturated heterocycles. The number of hydrogen-bond acceptors (Lipinski definition) is 2. The molecule has 0 aliphatic carbocycles. The van der Waals surface area contributed by atoms with E-state index in [1.807, 2.05) is 36.4 Å². The Balaban J connectivity index is 1.70. The van der Waals surface area contributed by atoms with Crippen molar-refractivity contribution in [2.45, 2.75) is 32.9 Å². The number of nitrogens with zero attached hydrogens (tertiary/aromatic N) is 3. The van der Waals surface area contributed by atoms with Gasteiger partial charge in [-0.15, -0.1) is 0 Å². The number of anilines is 1. The maximum absolute atomic E-state index is 13.7. The van der Waals surface area contributed by atoms with Gasteiger partial charge in [-0.05, 0) is 98.7 Å². The molecule has 4 aromatic rings. The first kappa shape index (κ1) is 22.6. The lowest BCUT2D eigenvalue weighted by Crippen LogP contribution is -2.29. The van der Waals surface area contributed by atoms with Gasteiger partial charge in [0.25, 0.3) is 0 Å². The van der Waals surface area contributed by atoms with Crippen LogP contribution in [0.15, 0.2) is 72.9 Å². The highest BCUT2D eigenvalue weighted by Gasteiger charge is 2.42. The van der Waals surface area contributed by atoms with Crippen molar-refractivity contribution in [3.8, 4) is 5.69 Å². The third-order valence-electron chi connectivity index (χ3n) is 6.40. The smallest absolute Gasteiger partial charge is 0.174 e. The Bertz CT molecular complexity index is 1370. The number of hydrogen-bond donors (Lipinski definition) is 1. The molecule has 2 aromatic carbocycles. The minimum Gasteiger partial charge on any atom is -0.351 e. The Morgan fingerprint density at radius 2 is 1.76 bits per heavy atom. The summed E-state index contributed by atoms with van der Waals surface area (Å²) in [6.45, 7) is 6.29. The van der Waals surface area contributed by atoms with Crippen LogP contribution in [0.5, 0.6) is 0 Å². The normalized spacial score (nSPS) is 17.8. The lowest BCUT2D eigenvalue weighted by Gasteiger charge is -2.28. The zero-order valence-electron chi connectivity index (χ0n) is 19.1.